The average Bonchev–Trinajstić information content (AvgIpc) is 2.82. The molecule has 2 N–H and O–H groups in total. The molecular formula is C14H13FN4. The first-order valence-corrected chi connectivity index (χ1v) is 6.00. The van der Waals surface area contributed by atoms with Gasteiger partial charge in [-0.05, 0) is 37.3 Å². The van der Waals surface area contributed by atoms with Crippen LogP contribution in [0, 0.1) is 5.82 Å². The minimum Gasteiger partial charge on any atom is -0.323 e. The van der Waals surface area contributed by atoms with Crippen LogP contribution in [0.1, 0.15) is 18.7 Å². The molecule has 0 amide bonds. The largest absolute Gasteiger partial charge is 0.323 e. The molecule has 0 fully saturated rings. The Morgan fingerprint density at radius 2 is 1.95 bits per heavy atom. The lowest BCUT2D eigenvalue weighted by molar-refractivity contribution is 0.627. The van der Waals surface area contributed by atoms with Crippen LogP contribution < -0.4 is 5.73 Å². The average molecular weight is 256 g/mol. The molecule has 19 heavy (non-hydrogen) atoms. The number of hydrogen-bond acceptors (Lipinski definition) is 3. The number of benzene rings is 1. The van der Waals surface area contributed by atoms with Crippen molar-refractivity contribution in [3.8, 4) is 5.69 Å². The maximum atomic E-state index is 12.9. The van der Waals surface area contributed by atoms with Gasteiger partial charge in [-0.15, -0.1) is 0 Å². The van der Waals surface area contributed by atoms with Crippen LogP contribution in [-0.4, -0.2) is 14.8 Å². The highest BCUT2D eigenvalue weighted by molar-refractivity contribution is 5.79. The number of nitrogens with zero attached hydrogens (tertiary/aromatic N) is 3. The summed E-state index contributed by atoms with van der Waals surface area (Å²) < 4.78 is 14.7. The number of pyridine rings is 1. The lowest BCUT2D eigenvalue weighted by Gasteiger charge is -2.06. The fourth-order valence-corrected chi connectivity index (χ4v) is 1.98. The van der Waals surface area contributed by atoms with E-state index in [9.17, 15) is 4.39 Å². The number of hydrogen-bond donors (Lipinski definition) is 1. The molecule has 5 heteroatoms. The van der Waals surface area contributed by atoms with Crippen molar-refractivity contribution >= 4 is 10.9 Å². The van der Waals surface area contributed by atoms with Crippen molar-refractivity contribution in [2.45, 2.75) is 13.0 Å². The van der Waals surface area contributed by atoms with Gasteiger partial charge in [0, 0.05) is 11.4 Å². The van der Waals surface area contributed by atoms with Crippen LogP contribution in [0.15, 0.2) is 42.7 Å². The lowest BCUT2D eigenvalue weighted by Crippen LogP contribution is -2.07. The van der Waals surface area contributed by atoms with Crippen molar-refractivity contribution in [3.63, 3.8) is 0 Å². The Balaban J connectivity index is 2.13. The van der Waals surface area contributed by atoms with Crippen LogP contribution in [0.3, 0.4) is 0 Å². The van der Waals surface area contributed by atoms with E-state index in [2.05, 4.69) is 10.1 Å². The van der Waals surface area contributed by atoms with Crippen LogP contribution in [0.5, 0.6) is 0 Å². The van der Waals surface area contributed by atoms with Crippen LogP contribution in [0.2, 0.25) is 0 Å². The van der Waals surface area contributed by atoms with Gasteiger partial charge in [-0.1, -0.05) is 0 Å². The van der Waals surface area contributed by atoms with Gasteiger partial charge in [-0.2, -0.15) is 5.10 Å². The Hall–Kier alpha value is -2.27. The predicted octanol–water partition coefficient (Wildman–Crippen LogP) is 2.58. The molecule has 0 aliphatic rings. The molecule has 4 nitrogen and oxygen atoms in total. The zero-order valence-electron chi connectivity index (χ0n) is 10.4. The SMILES string of the molecule is CC(N)c1cc2cnn(-c3ccc(F)cc3)c2cn1. The molecule has 3 aromatic rings. The third-order valence-corrected chi connectivity index (χ3v) is 3.01. The Morgan fingerprint density at radius 3 is 2.63 bits per heavy atom. The van der Waals surface area contributed by atoms with Crippen molar-refractivity contribution in [3.05, 3.63) is 54.2 Å². The molecule has 0 radical (unpaired) electrons. The van der Waals surface area contributed by atoms with Gasteiger partial charge in [0.2, 0.25) is 0 Å². The summed E-state index contributed by atoms with van der Waals surface area (Å²) in [5, 5.41) is 5.27. The molecule has 96 valence electrons. The zero-order valence-corrected chi connectivity index (χ0v) is 10.4. The Morgan fingerprint density at radius 1 is 1.21 bits per heavy atom. The fourth-order valence-electron chi connectivity index (χ4n) is 1.98. The molecule has 3 rings (SSSR count). The van der Waals surface area contributed by atoms with Gasteiger partial charge >= 0.3 is 0 Å². The van der Waals surface area contributed by atoms with Crippen molar-refractivity contribution in [1.82, 2.24) is 14.8 Å². The van der Waals surface area contributed by atoms with Crippen molar-refractivity contribution in [2.75, 3.05) is 0 Å². The van der Waals surface area contributed by atoms with Crippen LogP contribution in [0.4, 0.5) is 4.39 Å². The first-order valence-electron chi connectivity index (χ1n) is 6.00. The van der Waals surface area contributed by atoms with Gasteiger partial charge in [0.1, 0.15) is 5.82 Å². The normalized spacial score (nSPS) is 12.8. The van der Waals surface area contributed by atoms with Gasteiger partial charge in [0.05, 0.1) is 29.3 Å². The highest BCUT2D eigenvalue weighted by atomic mass is 19.1. The second kappa shape index (κ2) is 4.44. The molecule has 0 bridgehead atoms. The molecule has 0 aliphatic carbocycles. The van der Waals surface area contributed by atoms with E-state index in [4.69, 9.17) is 5.73 Å². The second-order valence-electron chi connectivity index (χ2n) is 4.49. The van der Waals surface area contributed by atoms with E-state index in [0.29, 0.717) is 0 Å². The molecule has 2 aromatic heterocycles. The molecule has 1 unspecified atom stereocenters. The monoisotopic (exact) mass is 256 g/mol. The number of fused-ring (bicyclic) bond motifs is 1. The van der Waals surface area contributed by atoms with Gasteiger partial charge in [0.15, 0.2) is 0 Å². The van der Waals surface area contributed by atoms with Crippen LogP contribution in [0.25, 0.3) is 16.6 Å². The molecule has 0 saturated carbocycles. The maximum Gasteiger partial charge on any atom is 0.123 e. The molecular weight excluding hydrogens is 243 g/mol. The zero-order chi connectivity index (χ0) is 13.4. The summed E-state index contributed by atoms with van der Waals surface area (Å²) in [5.74, 6) is -0.266. The number of halogens is 1. The van der Waals surface area contributed by atoms with E-state index in [0.717, 1.165) is 22.3 Å². The number of aromatic nitrogens is 3. The first-order chi connectivity index (χ1) is 9.15. The third kappa shape index (κ3) is 2.08. The van der Waals surface area contributed by atoms with E-state index >= 15 is 0 Å². The molecule has 1 aromatic carbocycles. The Labute approximate surface area is 109 Å². The van der Waals surface area contributed by atoms with E-state index in [1.165, 1.54) is 12.1 Å². The third-order valence-electron chi connectivity index (χ3n) is 3.01. The van der Waals surface area contributed by atoms with Crippen molar-refractivity contribution < 1.29 is 4.39 Å². The van der Waals surface area contributed by atoms with E-state index in [1.54, 1.807) is 29.2 Å². The highest BCUT2D eigenvalue weighted by Crippen LogP contribution is 2.20. The van der Waals surface area contributed by atoms with E-state index < -0.39 is 0 Å². The quantitative estimate of drug-likeness (QED) is 0.766. The minimum absolute atomic E-state index is 0.112. The molecule has 0 aliphatic heterocycles. The van der Waals surface area contributed by atoms with Gasteiger partial charge in [0.25, 0.3) is 0 Å². The standard InChI is InChI=1S/C14H13FN4/c1-9(16)13-6-10-7-18-19(14(10)8-17-13)12-4-2-11(15)3-5-12/h2-9H,16H2,1H3. The molecule has 1 atom stereocenters. The number of nitrogens with two attached hydrogens (primary N) is 1. The summed E-state index contributed by atoms with van der Waals surface area (Å²) in [6.45, 7) is 1.89. The summed E-state index contributed by atoms with van der Waals surface area (Å²) in [6, 6.07) is 7.99. The highest BCUT2D eigenvalue weighted by Gasteiger charge is 2.08. The van der Waals surface area contributed by atoms with Crippen molar-refractivity contribution in [1.29, 1.82) is 0 Å². The lowest BCUT2D eigenvalue weighted by atomic mass is 10.2. The van der Waals surface area contributed by atoms with Crippen LogP contribution >= 0.6 is 0 Å². The molecule has 0 spiro atoms. The molecule has 0 saturated heterocycles. The van der Waals surface area contributed by atoms with Gasteiger partial charge < -0.3 is 5.73 Å². The maximum absolute atomic E-state index is 12.9. The summed E-state index contributed by atoms with van der Waals surface area (Å²) in [4.78, 5) is 4.32. The Bertz CT molecular complexity index is 716. The second-order valence-corrected chi connectivity index (χ2v) is 4.49. The number of rotatable bonds is 2. The topological polar surface area (TPSA) is 56.7 Å². The predicted molar refractivity (Wildman–Crippen MR) is 71.4 cm³/mol. The van der Waals surface area contributed by atoms with Crippen LogP contribution in [-0.2, 0) is 0 Å². The summed E-state index contributed by atoms with van der Waals surface area (Å²) in [7, 11) is 0. The summed E-state index contributed by atoms with van der Waals surface area (Å²) in [6.07, 6.45) is 3.50. The fraction of sp³-hybridized carbons (Fsp3) is 0.143. The minimum atomic E-state index is -0.266. The van der Waals surface area contributed by atoms with E-state index in [1.807, 2.05) is 13.0 Å². The van der Waals surface area contributed by atoms with Crippen molar-refractivity contribution in [2.24, 2.45) is 5.73 Å². The summed E-state index contributed by atoms with van der Waals surface area (Å²) >= 11 is 0. The van der Waals surface area contributed by atoms with Gasteiger partial charge in [-0.3, -0.25) is 4.98 Å². The molecule has 2 heterocycles. The van der Waals surface area contributed by atoms with E-state index in [-0.39, 0.29) is 11.9 Å². The Kier molecular flexibility index (Phi) is 2.76. The smallest absolute Gasteiger partial charge is 0.123 e. The summed E-state index contributed by atoms with van der Waals surface area (Å²) in [5.41, 5.74) is 8.30. The first kappa shape index (κ1) is 11.8. The van der Waals surface area contributed by atoms with Gasteiger partial charge in [-0.25, -0.2) is 9.07 Å².